The molecule has 0 radical (unpaired) electrons. The van der Waals surface area contributed by atoms with Crippen LogP contribution in [-0.4, -0.2) is 17.5 Å². The summed E-state index contributed by atoms with van der Waals surface area (Å²) in [6.45, 7) is 2.18. The van der Waals surface area contributed by atoms with Gasteiger partial charge in [-0.15, -0.1) is 11.3 Å². The summed E-state index contributed by atoms with van der Waals surface area (Å²) >= 11 is 3.97. The van der Waals surface area contributed by atoms with Crippen LogP contribution in [0.1, 0.15) is 18.4 Å². The monoisotopic (exact) mass is 263 g/mol. The van der Waals surface area contributed by atoms with Crippen molar-refractivity contribution < 1.29 is 0 Å². The second kappa shape index (κ2) is 5.42. The van der Waals surface area contributed by atoms with E-state index in [1.165, 1.54) is 34.2 Å². The first kappa shape index (κ1) is 11.6. The largest absolute Gasteiger partial charge is 0.312 e. The van der Waals surface area contributed by atoms with E-state index in [1.54, 1.807) is 0 Å². The van der Waals surface area contributed by atoms with Crippen LogP contribution < -0.4 is 5.32 Å². The van der Waals surface area contributed by atoms with Crippen LogP contribution in [0.5, 0.6) is 0 Å². The van der Waals surface area contributed by atoms with E-state index < -0.39 is 0 Å². The van der Waals surface area contributed by atoms with Crippen molar-refractivity contribution in [1.29, 1.82) is 0 Å². The minimum Gasteiger partial charge on any atom is -0.312 e. The third kappa shape index (κ3) is 2.67. The molecule has 1 atom stereocenters. The molecule has 1 fully saturated rings. The first-order chi connectivity index (χ1) is 8.43. The van der Waals surface area contributed by atoms with Gasteiger partial charge in [0.2, 0.25) is 0 Å². The van der Waals surface area contributed by atoms with E-state index in [2.05, 4.69) is 46.7 Å². The lowest BCUT2D eigenvalue weighted by atomic mass is 10.2. The molecule has 3 rings (SSSR count). The summed E-state index contributed by atoms with van der Waals surface area (Å²) in [5.41, 5.74) is 1.45. The van der Waals surface area contributed by atoms with E-state index in [0.717, 1.165) is 18.3 Å². The van der Waals surface area contributed by atoms with Crippen molar-refractivity contribution >= 4 is 33.2 Å². The zero-order valence-corrected chi connectivity index (χ0v) is 11.4. The van der Waals surface area contributed by atoms with Gasteiger partial charge in [0, 0.05) is 23.0 Å². The zero-order chi connectivity index (χ0) is 11.5. The van der Waals surface area contributed by atoms with Gasteiger partial charge in [0.25, 0.3) is 0 Å². The van der Waals surface area contributed by atoms with Crippen LogP contribution in [0.3, 0.4) is 0 Å². The topological polar surface area (TPSA) is 12.0 Å². The fourth-order valence-corrected chi connectivity index (χ4v) is 4.54. The van der Waals surface area contributed by atoms with Gasteiger partial charge >= 0.3 is 0 Å². The predicted octanol–water partition coefficient (Wildman–Crippen LogP) is 3.89. The Hall–Kier alpha value is -0.510. The Kier molecular flexibility index (Phi) is 3.69. The molecule has 1 aromatic carbocycles. The number of nitrogens with one attached hydrogen (secondary N) is 1. The highest BCUT2D eigenvalue weighted by Crippen LogP contribution is 2.27. The van der Waals surface area contributed by atoms with Crippen molar-refractivity contribution in [2.24, 2.45) is 0 Å². The minimum absolute atomic E-state index is 0.847. The Morgan fingerprint density at radius 3 is 3.12 bits per heavy atom. The van der Waals surface area contributed by atoms with Gasteiger partial charge in [-0.3, -0.25) is 0 Å². The predicted molar refractivity (Wildman–Crippen MR) is 79.0 cm³/mol. The average Bonchev–Trinajstić information content (AvgIpc) is 2.99. The molecule has 90 valence electrons. The van der Waals surface area contributed by atoms with Crippen LogP contribution >= 0.6 is 23.1 Å². The maximum atomic E-state index is 3.61. The van der Waals surface area contributed by atoms with E-state index in [9.17, 15) is 0 Å². The fourth-order valence-electron chi connectivity index (χ4n) is 2.34. The third-order valence-corrected chi connectivity index (χ3v) is 5.68. The number of thiophene rings is 1. The van der Waals surface area contributed by atoms with Crippen molar-refractivity contribution in [1.82, 2.24) is 5.32 Å². The van der Waals surface area contributed by atoms with Gasteiger partial charge in [-0.05, 0) is 41.0 Å². The maximum absolute atomic E-state index is 3.61. The van der Waals surface area contributed by atoms with Gasteiger partial charge in [0.1, 0.15) is 0 Å². The maximum Gasteiger partial charge on any atom is 0.0346 e. The first-order valence-electron chi connectivity index (χ1n) is 6.21. The van der Waals surface area contributed by atoms with Crippen molar-refractivity contribution in [2.75, 3.05) is 12.3 Å². The summed E-state index contributed by atoms with van der Waals surface area (Å²) in [7, 11) is 0. The van der Waals surface area contributed by atoms with E-state index >= 15 is 0 Å². The molecule has 2 aromatic rings. The molecule has 0 aliphatic carbocycles. The molecule has 17 heavy (non-hydrogen) atoms. The summed E-state index contributed by atoms with van der Waals surface area (Å²) in [4.78, 5) is 0. The van der Waals surface area contributed by atoms with Crippen LogP contribution in [-0.2, 0) is 6.54 Å². The Morgan fingerprint density at radius 1 is 1.29 bits per heavy atom. The van der Waals surface area contributed by atoms with Crippen molar-refractivity contribution in [3.63, 3.8) is 0 Å². The summed E-state index contributed by atoms with van der Waals surface area (Å²) < 4.78 is 1.40. The average molecular weight is 263 g/mol. The molecule has 1 nitrogen and oxygen atoms in total. The summed E-state index contributed by atoms with van der Waals surface area (Å²) in [5, 5.41) is 8.17. The van der Waals surface area contributed by atoms with Crippen LogP contribution in [0.15, 0.2) is 29.6 Å². The number of thioether (sulfide) groups is 1. The highest BCUT2D eigenvalue weighted by atomic mass is 32.2. The minimum atomic E-state index is 0.847. The Bertz CT molecular complexity index is 486. The number of fused-ring (bicyclic) bond motifs is 1. The lowest BCUT2D eigenvalue weighted by Crippen LogP contribution is -2.22. The molecular weight excluding hydrogens is 246 g/mol. The standard InChI is InChI=1S/C14H17NS2/c1-2-6-14-13(5-1)11(10-17-14)8-15-9-12-4-3-7-16-12/h1-2,5-6,10,12,15H,3-4,7-9H2. The summed E-state index contributed by atoms with van der Waals surface area (Å²) in [6.07, 6.45) is 2.79. The Morgan fingerprint density at radius 2 is 2.24 bits per heavy atom. The van der Waals surface area contributed by atoms with Crippen LogP contribution in [0, 0.1) is 0 Å². The summed E-state index contributed by atoms with van der Waals surface area (Å²) in [5.74, 6) is 1.35. The lowest BCUT2D eigenvalue weighted by Gasteiger charge is -2.09. The number of rotatable bonds is 4. The van der Waals surface area contributed by atoms with Crippen LogP contribution in [0.25, 0.3) is 10.1 Å². The second-order valence-corrected chi connectivity index (χ2v) is 6.84. The molecule has 2 heterocycles. The van der Waals surface area contributed by atoms with E-state index in [4.69, 9.17) is 0 Å². The Labute approximate surface area is 111 Å². The molecule has 0 spiro atoms. The van der Waals surface area contributed by atoms with Gasteiger partial charge < -0.3 is 5.32 Å². The van der Waals surface area contributed by atoms with E-state index in [0.29, 0.717) is 0 Å². The quantitative estimate of drug-likeness (QED) is 0.898. The van der Waals surface area contributed by atoms with Crippen molar-refractivity contribution in [3.8, 4) is 0 Å². The molecule has 0 saturated carbocycles. The molecule has 1 N–H and O–H groups in total. The number of hydrogen-bond donors (Lipinski definition) is 1. The molecule has 1 aromatic heterocycles. The smallest absolute Gasteiger partial charge is 0.0346 e. The second-order valence-electron chi connectivity index (χ2n) is 4.52. The zero-order valence-electron chi connectivity index (χ0n) is 9.82. The highest BCUT2D eigenvalue weighted by molar-refractivity contribution is 8.00. The van der Waals surface area contributed by atoms with Crippen molar-refractivity contribution in [2.45, 2.75) is 24.6 Å². The van der Waals surface area contributed by atoms with E-state index in [1.807, 2.05) is 11.3 Å². The normalized spacial score (nSPS) is 20.1. The molecule has 3 heteroatoms. The highest BCUT2D eigenvalue weighted by Gasteiger charge is 2.14. The lowest BCUT2D eigenvalue weighted by molar-refractivity contribution is 0.648. The van der Waals surface area contributed by atoms with Crippen molar-refractivity contribution in [3.05, 3.63) is 35.2 Å². The molecule has 0 bridgehead atoms. The Balaban J connectivity index is 1.60. The van der Waals surface area contributed by atoms with Gasteiger partial charge in [-0.2, -0.15) is 11.8 Å². The molecule has 1 saturated heterocycles. The van der Waals surface area contributed by atoms with Gasteiger partial charge in [-0.25, -0.2) is 0 Å². The van der Waals surface area contributed by atoms with Gasteiger partial charge in [0.15, 0.2) is 0 Å². The molecule has 1 aliphatic rings. The van der Waals surface area contributed by atoms with Gasteiger partial charge in [0.05, 0.1) is 0 Å². The number of benzene rings is 1. The molecule has 1 aliphatic heterocycles. The van der Waals surface area contributed by atoms with Gasteiger partial charge in [-0.1, -0.05) is 18.2 Å². The number of hydrogen-bond acceptors (Lipinski definition) is 3. The third-order valence-electron chi connectivity index (χ3n) is 3.27. The fraction of sp³-hybridized carbons (Fsp3) is 0.429. The van der Waals surface area contributed by atoms with E-state index in [-0.39, 0.29) is 0 Å². The summed E-state index contributed by atoms with van der Waals surface area (Å²) in [6, 6.07) is 8.68. The van der Waals surface area contributed by atoms with Crippen LogP contribution in [0.2, 0.25) is 0 Å². The molecule has 1 unspecified atom stereocenters. The SMILES string of the molecule is c1ccc2c(CNCC3CCCS3)csc2c1. The molecular formula is C14H17NS2. The molecule has 0 amide bonds. The first-order valence-corrected chi connectivity index (χ1v) is 8.14. The van der Waals surface area contributed by atoms with Crippen LogP contribution in [0.4, 0.5) is 0 Å².